The molecule has 78 heavy (non-hydrogen) atoms. The van der Waals surface area contributed by atoms with Gasteiger partial charge in [0.2, 0.25) is 0 Å². The summed E-state index contributed by atoms with van der Waals surface area (Å²) in [5.74, 6) is -2.61. The number of hydrogen-bond acceptors (Lipinski definition) is 18. The minimum atomic E-state index is -0.607. The third-order valence-electron chi connectivity index (χ3n) is 9.34. The minimum Gasteiger partial charge on any atom is -0.872 e. The van der Waals surface area contributed by atoms with Crippen LogP contribution in [0.5, 0.6) is 11.5 Å². The van der Waals surface area contributed by atoms with Gasteiger partial charge < -0.3 is 40.9 Å². The predicted octanol–water partition coefficient (Wildman–Crippen LogP) is 3.76. The van der Waals surface area contributed by atoms with E-state index < -0.39 is 11.8 Å². The van der Waals surface area contributed by atoms with Crippen molar-refractivity contribution in [1.29, 1.82) is 0 Å². The Balaban J connectivity index is 0.000000505. The van der Waals surface area contributed by atoms with Gasteiger partial charge in [-0.3, -0.25) is 29.5 Å². The topological polar surface area (TPSA) is 314 Å². The third-order valence-corrected chi connectivity index (χ3v) is 9.34. The number of carbonyl (C=O) groups is 2. The van der Waals surface area contributed by atoms with Crippen molar-refractivity contribution in [3.63, 3.8) is 0 Å². The first kappa shape index (κ1) is 68.3. The molecule has 8 rings (SSSR count). The van der Waals surface area contributed by atoms with E-state index in [1.54, 1.807) is 121 Å². The maximum absolute atomic E-state index is 11.8. The fourth-order valence-corrected chi connectivity index (χ4v) is 5.73. The number of aliphatic hydroxyl groups excluding tert-OH is 2. The van der Waals surface area contributed by atoms with E-state index in [0.29, 0.717) is 33.4 Å². The summed E-state index contributed by atoms with van der Waals surface area (Å²) < 4.78 is 0. The number of hydrogen-bond donors (Lipinski definition) is 2. The van der Waals surface area contributed by atoms with Crippen molar-refractivity contribution < 1.29 is 128 Å². The molecule has 2 N–H and O–H groups in total. The number of ketones is 2. The summed E-state index contributed by atoms with van der Waals surface area (Å²) in [6.07, 6.45) is 13.1. The molecule has 2 heterocycles. The average Bonchev–Trinajstić information content (AvgIpc) is 3.47. The summed E-state index contributed by atoms with van der Waals surface area (Å²) in [4.78, 5) is 38.6. The number of allylic oxidation sites excluding steroid dienone is 2. The summed E-state index contributed by atoms with van der Waals surface area (Å²) in [6.45, 7) is 3.72. The molecule has 2 aromatic heterocycles. The number of aromatic nitrogens is 4. The summed E-state index contributed by atoms with van der Waals surface area (Å²) >= 11 is 0. The van der Waals surface area contributed by atoms with Crippen molar-refractivity contribution >= 4 is 47.3 Å². The molecule has 6 aromatic carbocycles. The molecular weight excluding hydrogens is 1290 g/mol. The Labute approximate surface area is 513 Å². The van der Waals surface area contributed by atoms with Crippen molar-refractivity contribution in [2.75, 3.05) is 14.2 Å². The molecule has 0 aliphatic carbocycles. The fraction of sp³-hybridized carbons (Fsp3) is 0.0690. The Bertz CT molecular complexity index is 2980. The maximum atomic E-state index is 11.8. The molecular formula is C58H50N8O10Tb2. The number of benzene rings is 6. The molecule has 8 aromatic rings. The maximum Gasteiger partial charge on any atom is 3.00 e. The zero-order valence-electron chi connectivity index (χ0n) is 42.2. The van der Waals surface area contributed by atoms with Crippen molar-refractivity contribution in [2.24, 2.45) is 20.4 Å². The van der Waals surface area contributed by atoms with Crippen LogP contribution in [-0.4, -0.2) is 80.2 Å². The first-order chi connectivity index (χ1) is 36.9. The van der Waals surface area contributed by atoms with Crippen LogP contribution in [-0.2, 0) is 0 Å². The van der Waals surface area contributed by atoms with Crippen molar-refractivity contribution in [3.05, 3.63) is 263 Å². The van der Waals surface area contributed by atoms with E-state index in [9.17, 15) is 40.2 Å². The van der Waals surface area contributed by atoms with Crippen LogP contribution in [0.3, 0.4) is 0 Å². The van der Waals surface area contributed by atoms with E-state index in [4.69, 9.17) is 10.2 Å². The van der Waals surface area contributed by atoms with Crippen LogP contribution in [0.25, 0.3) is 11.5 Å². The minimum absolute atomic E-state index is 0. The van der Waals surface area contributed by atoms with E-state index in [-0.39, 0.29) is 123 Å². The second-order valence-electron chi connectivity index (χ2n) is 14.8. The molecule has 0 unspecified atom stereocenters. The normalized spacial score (nSPS) is 10.8. The van der Waals surface area contributed by atoms with Crippen LogP contribution in [0.4, 0.5) is 0 Å². The van der Waals surface area contributed by atoms with Gasteiger partial charge in [0.1, 0.15) is 0 Å². The Morgan fingerprint density at radius 2 is 0.756 bits per heavy atom. The van der Waals surface area contributed by atoms with Gasteiger partial charge in [-0.25, -0.2) is 0 Å². The predicted molar refractivity (Wildman–Crippen MR) is 280 cm³/mol. The van der Waals surface area contributed by atoms with E-state index in [1.165, 1.54) is 61.7 Å². The van der Waals surface area contributed by atoms with Crippen molar-refractivity contribution in [1.82, 2.24) is 19.9 Å². The van der Waals surface area contributed by atoms with Gasteiger partial charge in [-0.15, -0.1) is 0 Å². The largest absolute Gasteiger partial charge is 3.00 e. The zero-order chi connectivity index (χ0) is 55.5. The molecule has 0 aliphatic rings. The Hall–Kier alpha value is -7.73. The molecule has 0 atom stereocenters. The van der Waals surface area contributed by atoms with E-state index in [2.05, 4.69) is 40.3 Å². The van der Waals surface area contributed by atoms with Crippen molar-refractivity contribution in [2.45, 2.75) is 13.8 Å². The molecule has 0 saturated heterocycles. The fourth-order valence-electron chi connectivity index (χ4n) is 5.73. The molecule has 18 nitrogen and oxygen atoms in total. The summed E-state index contributed by atoms with van der Waals surface area (Å²) in [6, 6.07) is 44.7. The zero-order valence-corrected chi connectivity index (χ0v) is 46.5. The first-order valence-electron chi connectivity index (χ1n) is 22.5. The summed E-state index contributed by atoms with van der Waals surface area (Å²) in [5.41, 5.74) is 4.94. The van der Waals surface area contributed by atoms with Gasteiger partial charge >= 0.3 is 77.2 Å². The standard InChI is InChI=1S/2C15H12O2.2C13H12N4O2.2CH4O.2Tb/c2*16-14(12-7-3-1-4-8-12)11-15(17)13-9-5-2-6-10-13;2*1-9-2-3-12(18)10(6-9)7-16-17-13(19)11-8-14-4-5-15-11;2*1-2;;/h2*1-11,16H;2*2-8,18H,1H3,(H,17,19);2*2H,1H3;;/q;;;;;;2*+3/p-6/b2*14-11-;2*16-7+;;;;. The number of nitrogens with zero attached hydrogens (tertiary/aromatic N) is 8. The second-order valence-corrected chi connectivity index (χ2v) is 14.8. The van der Waals surface area contributed by atoms with Crippen LogP contribution in [0.1, 0.15) is 65.5 Å². The summed E-state index contributed by atoms with van der Waals surface area (Å²) in [7, 11) is 2.00. The molecule has 0 amide bonds. The number of rotatable bonds is 12. The van der Waals surface area contributed by atoms with Gasteiger partial charge in [0.25, 0.3) is 0 Å². The van der Waals surface area contributed by atoms with Gasteiger partial charge in [-0.05, 0) is 48.3 Å². The molecule has 0 fully saturated rings. The van der Waals surface area contributed by atoms with E-state index in [1.807, 2.05) is 38.1 Å². The molecule has 20 heteroatoms. The van der Waals surface area contributed by atoms with Crippen LogP contribution in [0, 0.1) is 91.1 Å². The molecule has 0 spiro atoms. The Morgan fingerprint density at radius 1 is 0.449 bits per heavy atom. The van der Waals surface area contributed by atoms with Crippen LogP contribution in [0.2, 0.25) is 0 Å². The van der Waals surface area contributed by atoms with Gasteiger partial charge in [0.05, 0.1) is 36.2 Å². The Morgan fingerprint density at radius 3 is 1.05 bits per heavy atom. The number of carbonyl (C=O) groups excluding carboxylic acids is 2. The smallest absolute Gasteiger partial charge is 0.872 e. The van der Waals surface area contributed by atoms with Gasteiger partial charge in [-0.1, -0.05) is 192 Å². The number of aliphatic hydroxyl groups is 2. The molecule has 0 radical (unpaired) electrons. The molecule has 400 valence electrons. The second kappa shape index (κ2) is 39.6. The third kappa shape index (κ3) is 25.4. The number of aryl methyl sites for hydroxylation is 2. The van der Waals surface area contributed by atoms with Crippen LogP contribution in [0.15, 0.2) is 227 Å². The van der Waals surface area contributed by atoms with E-state index in [0.717, 1.165) is 37.5 Å². The van der Waals surface area contributed by atoms with Crippen molar-refractivity contribution in [3.8, 4) is 11.5 Å². The van der Waals surface area contributed by atoms with Gasteiger partial charge in [-0.2, -0.15) is 20.4 Å². The van der Waals surface area contributed by atoms with E-state index >= 15 is 0 Å². The molecule has 0 bridgehead atoms. The Kier molecular flexibility index (Phi) is 34.7. The SMILES string of the molecule is CO.CO.Cc1ccc([O-])c(/C=N/N=C(\[O-])c2cnccn2)c1.Cc1ccc([O-])c(/C=N/N=C(\[O-])c2cnccn2)c1.O=C(/C=C(\[O-])c1ccccc1)c1ccccc1.O=C(/C=C(\[O-])c1ccccc1)c1ccccc1.[Tb+3].[Tb+3]. The molecule has 0 aliphatic heterocycles. The summed E-state index contributed by atoms with van der Waals surface area (Å²) in [5, 5.41) is 97.6. The van der Waals surface area contributed by atoms with Gasteiger partial charge in [0.15, 0.2) is 11.6 Å². The van der Waals surface area contributed by atoms with Crippen LogP contribution < -0.4 is 30.6 Å². The monoisotopic (exact) mass is 1340 g/mol. The quantitative estimate of drug-likeness (QED) is 0.0440. The average molecular weight is 1340 g/mol. The first-order valence-corrected chi connectivity index (χ1v) is 22.5. The van der Waals surface area contributed by atoms with Gasteiger partial charge in [0, 0.05) is 61.9 Å². The van der Waals surface area contributed by atoms with Crippen LogP contribution >= 0.6 is 0 Å². The molecule has 0 saturated carbocycles.